The van der Waals surface area contributed by atoms with Crippen LogP contribution in [0.1, 0.15) is 30.5 Å². The Morgan fingerprint density at radius 1 is 1.09 bits per heavy atom. The number of hydrogen-bond donors (Lipinski definition) is 3. The third kappa shape index (κ3) is 6.16. The maximum atomic E-state index is 12.6. The van der Waals surface area contributed by atoms with E-state index in [1.165, 1.54) is 23.9 Å². The summed E-state index contributed by atoms with van der Waals surface area (Å²) in [7, 11) is 1.50. The number of nitrogens with zero attached hydrogens (tertiary/aromatic N) is 1. The first-order chi connectivity index (χ1) is 16.3. The number of anilines is 1. The molecule has 2 aromatic carbocycles. The van der Waals surface area contributed by atoms with Crippen LogP contribution in [0.15, 0.2) is 65.6 Å². The molecular weight excluding hydrogens is 438 g/mol. The Morgan fingerprint density at radius 2 is 1.79 bits per heavy atom. The molecule has 9 heteroatoms. The fraction of sp³-hybridized carbons (Fsp3) is 0.240. The molecule has 0 aliphatic carbocycles. The molecule has 0 spiro atoms. The van der Waals surface area contributed by atoms with Gasteiger partial charge in [0.1, 0.15) is 17.2 Å². The zero-order valence-corrected chi connectivity index (χ0v) is 19.2. The molecule has 0 radical (unpaired) electrons. The van der Waals surface area contributed by atoms with Crippen LogP contribution in [0.3, 0.4) is 0 Å². The van der Waals surface area contributed by atoms with Crippen molar-refractivity contribution in [3.8, 4) is 17.2 Å². The van der Waals surface area contributed by atoms with E-state index in [2.05, 4.69) is 10.6 Å². The molecule has 3 N–H and O–H groups in total. The van der Waals surface area contributed by atoms with Gasteiger partial charge in [0.25, 0.3) is 5.56 Å². The number of carbonyl (C=O) groups is 2. The van der Waals surface area contributed by atoms with Crippen molar-refractivity contribution in [1.29, 1.82) is 0 Å². The standard InChI is InChI=1S/C25H27N3O6/c1-4-33-22(30)15-19(26-25(32)27-23-20(29)13-14-28(3)24(23)31)17-9-11-18(12-10-17)34-21-8-6-5-7-16(21)2/h5-14,19,29H,4,15H2,1-3H3,(H2,26,27,32)/t19-/m0/s1. The van der Waals surface area contributed by atoms with Crippen molar-refractivity contribution in [2.75, 3.05) is 11.9 Å². The first-order valence-corrected chi connectivity index (χ1v) is 10.7. The number of benzene rings is 2. The van der Waals surface area contributed by atoms with Crippen LogP contribution >= 0.6 is 0 Å². The van der Waals surface area contributed by atoms with E-state index in [1.54, 1.807) is 31.2 Å². The lowest BCUT2D eigenvalue weighted by molar-refractivity contribution is -0.143. The van der Waals surface area contributed by atoms with Crippen LogP contribution in [0, 0.1) is 6.92 Å². The molecule has 178 valence electrons. The molecule has 1 heterocycles. The van der Waals surface area contributed by atoms with Crippen LogP contribution < -0.4 is 20.9 Å². The summed E-state index contributed by atoms with van der Waals surface area (Å²) in [5.74, 6) is 0.458. The Morgan fingerprint density at radius 3 is 2.47 bits per heavy atom. The summed E-state index contributed by atoms with van der Waals surface area (Å²) in [5, 5.41) is 15.0. The van der Waals surface area contributed by atoms with Crippen molar-refractivity contribution < 1.29 is 24.2 Å². The first-order valence-electron chi connectivity index (χ1n) is 10.7. The van der Waals surface area contributed by atoms with E-state index >= 15 is 0 Å². The maximum Gasteiger partial charge on any atom is 0.319 e. The molecule has 0 unspecified atom stereocenters. The van der Waals surface area contributed by atoms with Crippen LogP contribution in [0.4, 0.5) is 10.5 Å². The molecule has 0 aliphatic rings. The fourth-order valence-electron chi connectivity index (χ4n) is 3.25. The molecule has 0 aliphatic heterocycles. The van der Waals surface area contributed by atoms with Crippen LogP contribution in [-0.4, -0.2) is 28.3 Å². The molecule has 3 aromatic rings. The number of esters is 1. The predicted molar refractivity (Wildman–Crippen MR) is 127 cm³/mol. The molecule has 0 saturated heterocycles. The van der Waals surface area contributed by atoms with Crippen LogP contribution in [0.5, 0.6) is 17.2 Å². The van der Waals surface area contributed by atoms with Crippen molar-refractivity contribution in [1.82, 2.24) is 9.88 Å². The highest BCUT2D eigenvalue weighted by molar-refractivity contribution is 5.91. The minimum atomic E-state index is -0.756. The summed E-state index contributed by atoms with van der Waals surface area (Å²) < 4.78 is 12.2. The van der Waals surface area contributed by atoms with E-state index < -0.39 is 23.6 Å². The van der Waals surface area contributed by atoms with Gasteiger partial charge < -0.3 is 29.8 Å². The summed E-state index contributed by atoms with van der Waals surface area (Å²) in [6.07, 6.45) is 1.25. The number of ether oxygens (including phenoxy) is 2. The summed E-state index contributed by atoms with van der Waals surface area (Å²) in [6, 6.07) is 14.3. The SMILES string of the molecule is CCOC(=O)C[C@H](NC(=O)Nc1c(O)ccn(C)c1=O)c1ccc(Oc2ccccc2C)cc1. The van der Waals surface area contributed by atoms with Gasteiger partial charge in [0, 0.05) is 13.2 Å². The molecular formula is C25H27N3O6. The van der Waals surface area contributed by atoms with Gasteiger partial charge in [-0.25, -0.2) is 4.79 Å². The largest absolute Gasteiger partial charge is 0.505 e. The summed E-state index contributed by atoms with van der Waals surface area (Å²) in [6.45, 7) is 3.84. The third-order valence-electron chi connectivity index (χ3n) is 5.07. The Balaban J connectivity index is 1.78. The van der Waals surface area contributed by atoms with Crippen LogP contribution in [0.2, 0.25) is 0 Å². The molecule has 34 heavy (non-hydrogen) atoms. The Labute approximate surface area is 197 Å². The summed E-state index contributed by atoms with van der Waals surface area (Å²) in [4.78, 5) is 37.0. The van der Waals surface area contributed by atoms with Gasteiger partial charge in [-0.15, -0.1) is 0 Å². The zero-order chi connectivity index (χ0) is 24.7. The molecule has 2 amide bonds. The molecule has 0 fully saturated rings. The number of amides is 2. The highest BCUT2D eigenvalue weighted by Gasteiger charge is 2.21. The lowest BCUT2D eigenvalue weighted by Crippen LogP contribution is -2.36. The van der Waals surface area contributed by atoms with E-state index in [0.29, 0.717) is 11.3 Å². The van der Waals surface area contributed by atoms with Gasteiger partial charge in [0.05, 0.1) is 19.1 Å². The molecule has 9 nitrogen and oxygen atoms in total. The second-order valence-corrected chi connectivity index (χ2v) is 7.59. The van der Waals surface area contributed by atoms with Gasteiger partial charge in [-0.1, -0.05) is 30.3 Å². The van der Waals surface area contributed by atoms with Crippen molar-refractivity contribution in [3.63, 3.8) is 0 Å². The minimum Gasteiger partial charge on any atom is -0.505 e. The number of rotatable bonds is 8. The van der Waals surface area contributed by atoms with Crippen LogP contribution in [-0.2, 0) is 16.6 Å². The van der Waals surface area contributed by atoms with Gasteiger partial charge >= 0.3 is 12.0 Å². The lowest BCUT2D eigenvalue weighted by Gasteiger charge is -2.19. The van der Waals surface area contributed by atoms with Crippen molar-refractivity contribution >= 4 is 17.7 Å². The third-order valence-corrected chi connectivity index (χ3v) is 5.07. The smallest absolute Gasteiger partial charge is 0.319 e. The highest BCUT2D eigenvalue weighted by atomic mass is 16.5. The maximum absolute atomic E-state index is 12.6. The number of aromatic hydroxyl groups is 1. The lowest BCUT2D eigenvalue weighted by atomic mass is 10.0. The molecule has 0 saturated carbocycles. The number of hydrogen-bond acceptors (Lipinski definition) is 6. The Bertz CT molecular complexity index is 1220. The Hall–Kier alpha value is -4.27. The van der Waals surface area contributed by atoms with Crippen molar-refractivity contribution in [2.45, 2.75) is 26.3 Å². The first kappa shape index (κ1) is 24.4. The molecule has 3 rings (SSSR count). The second-order valence-electron chi connectivity index (χ2n) is 7.59. The molecule has 1 atom stereocenters. The number of aryl methyl sites for hydroxylation is 2. The number of para-hydroxylation sites is 1. The Kier molecular flexibility index (Phi) is 7.92. The van der Waals surface area contributed by atoms with Gasteiger partial charge in [-0.2, -0.15) is 0 Å². The average Bonchev–Trinajstić information content (AvgIpc) is 2.81. The van der Waals surface area contributed by atoms with Gasteiger partial charge in [-0.3, -0.25) is 9.59 Å². The quantitative estimate of drug-likeness (QED) is 0.433. The van der Waals surface area contributed by atoms with Gasteiger partial charge in [-0.05, 0) is 49.2 Å². The number of pyridine rings is 1. The zero-order valence-electron chi connectivity index (χ0n) is 19.2. The average molecular weight is 466 g/mol. The van der Waals surface area contributed by atoms with Crippen LogP contribution in [0.25, 0.3) is 0 Å². The monoisotopic (exact) mass is 465 g/mol. The van der Waals surface area contributed by atoms with Gasteiger partial charge in [0.2, 0.25) is 0 Å². The summed E-state index contributed by atoms with van der Waals surface area (Å²) >= 11 is 0. The summed E-state index contributed by atoms with van der Waals surface area (Å²) in [5.41, 5.74) is 0.778. The van der Waals surface area contributed by atoms with Gasteiger partial charge in [0.15, 0.2) is 5.69 Å². The fourth-order valence-corrected chi connectivity index (χ4v) is 3.25. The number of urea groups is 1. The van der Waals surface area contributed by atoms with Crippen molar-refractivity contribution in [2.24, 2.45) is 7.05 Å². The predicted octanol–water partition coefficient (Wildman–Crippen LogP) is 4.01. The van der Waals surface area contributed by atoms with E-state index in [4.69, 9.17) is 9.47 Å². The minimum absolute atomic E-state index is 0.127. The molecule has 1 aromatic heterocycles. The van der Waals surface area contributed by atoms with E-state index in [-0.39, 0.29) is 24.5 Å². The topological polar surface area (TPSA) is 119 Å². The second kappa shape index (κ2) is 11.0. The normalized spacial score (nSPS) is 11.4. The van der Waals surface area contributed by atoms with Crippen molar-refractivity contribution in [3.05, 3.63) is 82.3 Å². The highest BCUT2D eigenvalue weighted by Crippen LogP contribution is 2.27. The number of carbonyl (C=O) groups excluding carboxylic acids is 2. The number of aromatic nitrogens is 1. The van der Waals surface area contributed by atoms with E-state index in [0.717, 1.165) is 11.3 Å². The van der Waals surface area contributed by atoms with E-state index in [1.807, 2.05) is 31.2 Å². The van der Waals surface area contributed by atoms with E-state index in [9.17, 15) is 19.5 Å². The molecule has 0 bridgehead atoms. The number of nitrogens with one attached hydrogen (secondary N) is 2.